The van der Waals surface area contributed by atoms with Crippen LogP contribution in [-0.2, 0) is 16.0 Å². The van der Waals surface area contributed by atoms with Crippen LogP contribution in [0.25, 0.3) is 10.8 Å². The molecular weight excluding hydrogens is 264 g/mol. The lowest BCUT2D eigenvalue weighted by molar-refractivity contribution is -0.140. The minimum absolute atomic E-state index is 0.205. The Morgan fingerprint density at radius 3 is 2.81 bits per heavy atom. The second kappa shape index (κ2) is 7.35. The van der Waals surface area contributed by atoms with E-state index in [0.717, 1.165) is 16.3 Å². The van der Waals surface area contributed by atoms with Crippen LogP contribution in [0.1, 0.15) is 24.8 Å². The van der Waals surface area contributed by atoms with Crippen LogP contribution < -0.4 is 0 Å². The lowest BCUT2D eigenvalue weighted by atomic mass is 10.0. The molecule has 21 heavy (non-hydrogen) atoms. The smallest absolute Gasteiger partial charge is 0.305 e. The van der Waals surface area contributed by atoms with Gasteiger partial charge in [-0.3, -0.25) is 4.79 Å². The third-order valence-electron chi connectivity index (χ3n) is 3.30. The number of aromatic hydroxyl groups is 1. The molecule has 1 N–H and O–H groups in total. The monoisotopic (exact) mass is 282 g/mol. The van der Waals surface area contributed by atoms with E-state index in [1.54, 1.807) is 0 Å². The quantitative estimate of drug-likeness (QED) is 0.531. The lowest BCUT2D eigenvalue weighted by Crippen LogP contribution is -1.98. The van der Waals surface area contributed by atoms with Gasteiger partial charge in [-0.1, -0.05) is 42.3 Å². The Labute approximate surface area is 124 Å². The van der Waals surface area contributed by atoms with Gasteiger partial charge < -0.3 is 9.84 Å². The van der Waals surface area contributed by atoms with Gasteiger partial charge in [-0.2, -0.15) is 0 Å². The molecule has 0 saturated carbocycles. The number of carbonyl (C=O) groups is 1. The molecule has 0 atom stereocenters. The molecule has 3 heteroatoms. The van der Waals surface area contributed by atoms with Gasteiger partial charge in [-0.05, 0) is 11.8 Å². The molecule has 2 aromatic carbocycles. The fourth-order valence-electron chi connectivity index (χ4n) is 2.11. The highest BCUT2D eigenvalue weighted by atomic mass is 16.5. The highest BCUT2D eigenvalue weighted by Gasteiger charge is 2.04. The maximum Gasteiger partial charge on any atom is 0.305 e. The van der Waals surface area contributed by atoms with Gasteiger partial charge in [-0.15, -0.1) is 5.92 Å². The molecule has 0 aromatic heterocycles. The molecule has 0 spiro atoms. The van der Waals surface area contributed by atoms with E-state index >= 15 is 0 Å². The van der Waals surface area contributed by atoms with Crippen molar-refractivity contribution < 1.29 is 14.6 Å². The number of rotatable bonds is 4. The Balaban J connectivity index is 1.95. The van der Waals surface area contributed by atoms with E-state index in [2.05, 4.69) is 16.6 Å². The van der Waals surface area contributed by atoms with Crippen LogP contribution in [0.2, 0.25) is 0 Å². The molecule has 0 aliphatic carbocycles. The number of hydrogen-bond acceptors (Lipinski definition) is 3. The molecule has 0 aliphatic rings. The van der Waals surface area contributed by atoms with E-state index in [4.69, 9.17) is 0 Å². The Morgan fingerprint density at radius 1 is 1.19 bits per heavy atom. The minimum Gasteiger partial charge on any atom is -0.507 e. The molecule has 0 radical (unpaired) electrons. The van der Waals surface area contributed by atoms with E-state index < -0.39 is 0 Å². The maximum atomic E-state index is 10.9. The Bertz CT molecular complexity index is 692. The van der Waals surface area contributed by atoms with E-state index in [-0.39, 0.29) is 5.97 Å². The predicted octanol–water partition coefficient (Wildman–Crippen LogP) is 3.43. The van der Waals surface area contributed by atoms with Crippen molar-refractivity contribution in [2.45, 2.75) is 25.7 Å². The molecule has 108 valence electrons. The summed E-state index contributed by atoms with van der Waals surface area (Å²) in [4.78, 5) is 10.9. The zero-order valence-electron chi connectivity index (χ0n) is 12.1. The average molecular weight is 282 g/mol. The number of fused-ring (bicyclic) bond motifs is 1. The third kappa shape index (κ3) is 4.00. The van der Waals surface area contributed by atoms with Crippen LogP contribution in [-0.4, -0.2) is 18.2 Å². The number of methoxy groups -OCH3 is 1. The van der Waals surface area contributed by atoms with Crippen molar-refractivity contribution in [1.82, 2.24) is 0 Å². The van der Waals surface area contributed by atoms with E-state index in [0.29, 0.717) is 31.4 Å². The van der Waals surface area contributed by atoms with Gasteiger partial charge in [0.25, 0.3) is 0 Å². The van der Waals surface area contributed by atoms with Gasteiger partial charge in [0.2, 0.25) is 0 Å². The summed E-state index contributed by atoms with van der Waals surface area (Å²) in [5, 5.41) is 12.1. The summed E-state index contributed by atoms with van der Waals surface area (Å²) in [7, 11) is 1.39. The van der Waals surface area contributed by atoms with Crippen LogP contribution in [0, 0.1) is 11.8 Å². The fourth-order valence-corrected chi connectivity index (χ4v) is 2.11. The molecule has 2 rings (SSSR count). The van der Waals surface area contributed by atoms with Crippen molar-refractivity contribution in [3.05, 3.63) is 42.0 Å². The summed E-state index contributed by atoms with van der Waals surface area (Å²) >= 11 is 0. The van der Waals surface area contributed by atoms with Gasteiger partial charge in [0.1, 0.15) is 5.75 Å². The van der Waals surface area contributed by atoms with Crippen LogP contribution in [0.4, 0.5) is 0 Å². The van der Waals surface area contributed by atoms with Gasteiger partial charge in [0, 0.05) is 30.2 Å². The number of unbranched alkanes of at least 4 members (excludes halogenated alkanes) is 1. The normalized spacial score (nSPS) is 9.95. The number of ether oxygens (including phenoxy) is 1. The van der Waals surface area contributed by atoms with Crippen LogP contribution in [0.15, 0.2) is 36.4 Å². The number of benzene rings is 2. The SMILES string of the molecule is COC(=O)CCCC#CCc1ccc2ccccc2c1O. The molecule has 0 saturated heterocycles. The lowest BCUT2D eigenvalue weighted by Gasteiger charge is -2.05. The molecule has 0 heterocycles. The first-order chi connectivity index (χ1) is 10.2. The molecule has 0 unspecified atom stereocenters. The number of hydrogen-bond donors (Lipinski definition) is 1. The zero-order valence-corrected chi connectivity index (χ0v) is 12.1. The molecule has 0 fully saturated rings. The second-order valence-corrected chi connectivity index (χ2v) is 4.75. The fraction of sp³-hybridized carbons (Fsp3) is 0.278. The predicted molar refractivity (Wildman–Crippen MR) is 83.0 cm³/mol. The van der Waals surface area contributed by atoms with E-state index in [9.17, 15) is 9.90 Å². The Kier molecular flexibility index (Phi) is 5.22. The van der Waals surface area contributed by atoms with Crippen molar-refractivity contribution in [1.29, 1.82) is 0 Å². The summed E-state index contributed by atoms with van der Waals surface area (Å²) in [6.45, 7) is 0. The van der Waals surface area contributed by atoms with Crippen molar-refractivity contribution in [2.24, 2.45) is 0 Å². The van der Waals surface area contributed by atoms with Crippen molar-refractivity contribution >= 4 is 16.7 Å². The summed E-state index contributed by atoms with van der Waals surface area (Å²) in [5.74, 6) is 6.15. The number of phenolic OH excluding ortho intramolecular Hbond substituents is 1. The third-order valence-corrected chi connectivity index (χ3v) is 3.30. The average Bonchev–Trinajstić information content (AvgIpc) is 2.52. The van der Waals surface area contributed by atoms with E-state index in [1.807, 2.05) is 36.4 Å². The summed E-state index contributed by atoms with van der Waals surface area (Å²) in [6, 6.07) is 11.6. The summed E-state index contributed by atoms with van der Waals surface area (Å²) in [5.41, 5.74) is 0.828. The van der Waals surface area contributed by atoms with Crippen molar-refractivity contribution in [3.8, 4) is 17.6 Å². The molecule has 2 aromatic rings. The van der Waals surface area contributed by atoms with E-state index in [1.165, 1.54) is 7.11 Å². The van der Waals surface area contributed by atoms with Gasteiger partial charge >= 0.3 is 5.97 Å². The number of esters is 1. The van der Waals surface area contributed by atoms with Crippen LogP contribution in [0.3, 0.4) is 0 Å². The highest BCUT2D eigenvalue weighted by molar-refractivity contribution is 5.89. The number of carbonyl (C=O) groups excluding carboxylic acids is 1. The first-order valence-electron chi connectivity index (χ1n) is 6.94. The second-order valence-electron chi connectivity index (χ2n) is 4.75. The topological polar surface area (TPSA) is 46.5 Å². The van der Waals surface area contributed by atoms with Crippen LogP contribution >= 0.6 is 0 Å². The van der Waals surface area contributed by atoms with Crippen LogP contribution in [0.5, 0.6) is 5.75 Å². The summed E-state index contributed by atoms with van der Waals surface area (Å²) < 4.78 is 4.56. The molecule has 0 amide bonds. The van der Waals surface area contributed by atoms with Gasteiger partial charge in [-0.25, -0.2) is 0 Å². The van der Waals surface area contributed by atoms with Crippen molar-refractivity contribution in [2.75, 3.05) is 7.11 Å². The molecule has 0 aliphatic heterocycles. The van der Waals surface area contributed by atoms with Crippen molar-refractivity contribution in [3.63, 3.8) is 0 Å². The van der Waals surface area contributed by atoms with Gasteiger partial charge in [0.15, 0.2) is 0 Å². The molecule has 0 bridgehead atoms. The summed E-state index contributed by atoms with van der Waals surface area (Å²) in [6.07, 6.45) is 2.26. The minimum atomic E-state index is -0.205. The standard InChI is InChI=1S/C18H18O3/c1-21-17(19)11-5-3-2-4-9-15-13-12-14-8-6-7-10-16(14)18(15)20/h6-8,10,12-13,20H,3,5,9,11H2,1H3. The molecule has 3 nitrogen and oxygen atoms in total. The maximum absolute atomic E-state index is 10.9. The first-order valence-corrected chi connectivity index (χ1v) is 6.94. The number of phenols is 1. The first kappa shape index (κ1) is 14.9. The Morgan fingerprint density at radius 2 is 2.00 bits per heavy atom. The zero-order chi connectivity index (χ0) is 15.1. The molecular formula is C18H18O3. The Hall–Kier alpha value is -2.47. The highest BCUT2D eigenvalue weighted by Crippen LogP contribution is 2.28. The van der Waals surface area contributed by atoms with Gasteiger partial charge in [0.05, 0.1) is 7.11 Å². The largest absolute Gasteiger partial charge is 0.507 e.